The molecule has 1 aliphatic carbocycles. The van der Waals surface area contributed by atoms with Crippen molar-refractivity contribution >= 4 is 35.1 Å². The monoisotopic (exact) mass is 472 g/mol. The maximum absolute atomic E-state index is 13.1. The molecule has 4 atom stereocenters. The van der Waals surface area contributed by atoms with Crippen LogP contribution >= 0.6 is 0 Å². The topological polar surface area (TPSA) is 84.0 Å². The molecule has 0 N–H and O–H groups in total. The molecule has 2 fully saturated rings. The van der Waals surface area contributed by atoms with E-state index in [1.807, 2.05) is 50.3 Å². The lowest BCUT2D eigenvalue weighted by atomic mass is 9.78. The second-order valence-electron chi connectivity index (χ2n) is 9.78. The summed E-state index contributed by atoms with van der Waals surface area (Å²) in [5, 5.41) is 0. The van der Waals surface area contributed by atoms with Crippen LogP contribution in [0.4, 0.5) is 11.4 Å². The largest absolute Gasteiger partial charge is 0.426 e. The normalized spacial score (nSPS) is 25.9. The molecule has 2 heterocycles. The first-order valence-electron chi connectivity index (χ1n) is 12.0. The quantitative estimate of drug-likeness (QED) is 0.291. The number of aryl methyl sites for hydroxylation is 2. The Morgan fingerprint density at radius 3 is 2.54 bits per heavy atom. The number of carbonyl (C=O) groups excluding carboxylic acids is 4. The van der Waals surface area contributed by atoms with Crippen LogP contribution in [-0.2, 0) is 19.2 Å². The number of fused-ring (bicyclic) bond motifs is 1. The number of hydrogen-bond acceptors (Lipinski definition) is 5. The van der Waals surface area contributed by atoms with Gasteiger partial charge >= 0.3 is 5.97 Å². The molecule has 2 saturated heterocycles. The average Bonchev–Trinajstić information content (AvgIpc) is 3.33. The predicted molar refractivity (Wildman–Crippen MR) is 131 cm³/mol. The fourth-order valence-corrected chi connectivity index (χ4v) is 5.44. The van der Waals surface area contributed by atoms with Crippen LogP contribution < -0.4 is 14.5 Å². The van der Waals surface area contributed by atoms with E-state index < -0.39 is 11.9 Å². The van der Waals surface area contributed by atoms with Crippen LogP contribution in [0.25, 0.3) is 0 Å². The van der Waals surface area contributed by atoms with E-state index in [1.54, 1.807) is 30.0 Å². The van der Waals surface area contributed by atoms with Crippen molar-refractivity contribution < 1.29 is 23.9 Å². The molecule has 3 aliphatic rings. The molecule has 0 saturated carbocycles. The smallest absolute Gasteiger partial charge is 0.316 e. The van der Waals surface area contributed by atoms with Gasteiger partial charge < -0.3 is 9.64 Å². The van der Waals surface area contributed by atoms with Crippen molar-refractivity contribution in [2.24, 2.45) is 23.7 Å². The number of amides is 3. The summed E-state index contributed by atoms with van der Waals surface area (Å²) in [5.41, 5.74) is 3.00. The molecule has 2 aromatic rings. The van der Waals surface area contributed by atoms with Crippen LogP contribution in [0.1, 0.15) is 30.9 Å². The molecule has 7 heteroatoms. The number of esters is 1. The molecule has 180 valence electrons. The van der Waals surface area contributed by atoms with E-state index in [-0.39, 0.29) is 48.4 Å². The first-order valence-corrected chi connectivity index (χ1v) is 12.0. The third-order valence-corrected chi connectivity index (χ3v) is 7.27. The maximum atomic E-state index is 13.1. The zero-order valence-electron chi connectivity index (χ0n) is 20.1. The number of ether oxygens (including phenoxy) is 1. The third kappa shape index (κ3) is 4.05. The molecule has 7 nitrogen and oxygen atoms in total. The second kappa shape index (κ2) is 8.80. The predicted octanol–water partition coefficient (Wildman–Crippen LogP) is 3.96. The van der Waals surface area contributed by atoms with Crippen molar-refractivity contribution in [3.63, 3.8) is 0 Å². The molecular formula is C28H28N2O5. The Morgan fingerprint density at radius 2 is 1.83 bits per heavy atom. The summed E-state index contributed by atoms with van der Waals surface area (Å²) >= 11 is 0. The van der Waals surface area contributed by atoms with Crippen LogP contribution in [0.5, 0.6) is 5.75 Å². The first-order chi connectivity index (χ1) is 16.7. The summed E-state index contributed by atoms with van der Waals surface area (Å²) in [7, 11) is 0. The van der Waals surface area contributed by atoms with Crippen LogP contribution in [-0.4, -0.2) is 30.2 Å². The molecule has 35 heavy (non-hydrogen) atoms. The van der Waals surface area contributed by atoms with Gasteiger partial charge in [-0.05, 0) is 67.6 Å². The summed E-state index contributed by atoms with van der Waals surface area (Å²) in [6, 6.07) is 12.5. The van der Waals surface area contributed by atoms with E-state index in [9.17, 15) is 19.2 Å². The Hall–Kier alpha value is -3.74. The van der Waals surface area contributed by atoms with Crippen molar-refractivity contribution in [2.45, 2.75) is 33.6 Å². The second-order valence-corrected chi connectivity index (χ2v) is 9.78. The van der Waals surface area contributed by atoms with Crippen LogP contribution in [0.3, 0.4) is 0 Å². The van der Waals surface area contributed by atoms with E-state index in [0.717, 1.165) is 11.3 Å². The van der Waals surface area contributed by atoms with Crippen LogP contribution in [0.15, 0.2) is 54.6 Å². The zero-order chi connectivity index (χ0) is 24.9. The van der Waals surface area contributed by atoms with Gasteiger partial charge in [-0.25, -0.2) is 4.90 Å². The summed E-state index contributed by atoms with van der Waals surface area (Å²) < 4.78 is 5.60. The Bertz CT molecular complexity index is 1270. The fourth-order valence-electron chi connectivity index (χ4n) is 5.44. The van der Waals surface area contributed by atoms with Crippen molar-refractivity contribution in [1.82, 2.24) is 0 Å². The van der Waals surface area contributed by atoms with Crippen molar-refractivity contribution in [3.8, 4) is 5.75 Å². The third-order valence-electron chi connectivity index (χ3n) is 7.27. The highest BCUT2D eigenvalue weighted by molar-refractivity contribution is 6.22. The lowest BCUT2D eigenvalue weighted by Crippen LogP contribution is -2.32. The van der Waals surface area contributed by atoms with Crippen molar-refractivity contribution in [1.29, 1.82) is 0 Å². The highest BCUT2D eigenvalue weighted by Crippen LogP contribution is 2.41. The van der Waals surface area contributed by atoms with Gasteiger partial charge in [0.15, 0.2) is 0 Å². The molecule has 0 radical (unpaired) electrons. The summed E-state index contributed by atoms with van der Waals surface area (Å²) in [6.45, 7) is 5.97. The van der Waals surface area contributed by atoms with Gasteiger partial charge in [-0.15, -0.1) is 0 Å². The number of anilines is 2. The number of benzene rings is 2. The van der Waals surface area contributed by atoms with Gasteiger partial charge in [0.25, 0.3) is 0 Å². The van der Waals surface area contributed by atoms with Crippen LogP contribution in [0.2, 0.25) is 0 Å². The highest BCUT2D eigenvalue weighted by atomic mass is 16.5. The minimum Gasteiger partial charge on any atom is -0.426 e. The summed E-state index contributed by atoms with van der Waals surface area (Å²) in [6.07, 6.45) is 4.64. The van der Waals surface area contributed by atoms with Crippen LogP contribution in [0, 0.1) is 37.5 Å². The molecule has 5 rings (SSSR count). The number of rotatable bonds is 4. The van der Waals surface area contributed by atoms with E-state index in [0.29, 0.717) is 23.4 Å². The Morgan fingerprint density at radius 1 is 1.03 bits per heavy atom. The SMILES string of the molecule is Cc1cccc(N2C[C@H](C(=O)Oc3ccc(N4C(=O)[C@@H]5[C@@H](C)C=CC[C@H]5C4=O)c(C)c3)CC2=O)c1. The van der Waals surface area contributed by atoms with Gasteiger partial charge in [0.2, 0.25) is 17.7 Å². The molecule has 0 aromatic heterocycles. The van der Waals surface area contributed by atoms with E-state index in [1.165, 1.54) is 4.90 Å². The van der Waals surface area contributed by atoms with Gasteiger partial charge in [-0.1, -0.05) is 31.2 Å². The Kier molecular flexibility index (Phi) is 5.79. The van der Waals surface area contributed by atoms with Gasteiger partial charge in [0.1, 0.15) is 5.75 Å². The van der Waals surface area contributed by atoms with E-state index in [2.05, 4.69) is 0 Å². The number of nitrogens with zero attached hydrogens (tertiary/aromatic N) is 2. The van der Waals surface area contributed by atoms with Crippen molar-refractivity contribution in [3.05, 3.63) is 65.7 Å². The molecule has 0 spiro atoms. The Balaban J connectivity index is 1.29. The highest BCUT2D eigenvalue weighted by Gasteiger charge is 2.50. The zero-order valence-corrected chi connectivity index (χ0v) is 20.1. The van der Waals surface area contributed by atoms with Crippen molar-refractivity contribution in [2.75, 3.05) is 16.3 Å². The lowest BCUT2D eigenvalue weighted by molar-refractivity contribution is -0.139. The molecule has 0 unspecified atom stereocenters. The van der Waals surface area contributed by atoms with Gasteiger partial charge in [-0.2, -0.15) is 0 Å². The molecule has 2 aliphatic heterocycles. The number of imide groups is 1. The fraction of sp³-hybridized carbons (Fsp3) is 0.357. The number of allylic oxidation sites excluding steroid dienone is 2. The molecule has 0 bridgehead atoms. The van der Waals surface area contributed by atoms with Gasteiger partial charge in [-0.3, -0.25) is 19.2 Å². The van der Waals surface area contributed by atoms with E-state index >= 15 is 0 Å². The lowest BCUT2D eigenvalue weighted by Gasteiger charge is -2.22. The Labute approximate surface area is 204 Å². The van der Waals surface area contributed by atoms with E-state index in [4.69, 9.17) is 4.74 Å². The number of carbonyl (C=O) groups is 4. The minimum atomic E-state index is -0.568. The maximum Gasteiger partial charge on any atom is 0.316 e. The minimum absolute atomic E-state index is 0.0178. The molecule has 3 amide bonds. The summed E-state index contributed by atoms with van der Waals surface area (Å²) in [4.78, 5) is 54.4. The van der Waals surface area contributed by atoms with Gasteiger partial charge in [0, 0.05) is 18.7 Å². The standard InChI is InChI=1S/C28H28N2O5/c1-16-6-4-8-20(12-16)29-15-19(14-24(29)31)28(34)35-21-10-11-23(18(3)13-21)30-26(32)22-9-5-7-17(2)25(22)27(30)33/h4-8,10-13,17,19,22,25H,9,14-15H2,1-3H3/t17-,19+,22+,25+/m0/s1. The summed E-state index contributed by atoms with van der Waals surface area (Å²) in [5.74, 6) is -1.82. The van der Waals surface area contributed by atoms with Gasteiger partial charge in [0.05, 0.1) is 23.4 Å². The number of hydrogen-bond donors (Lipinski definition) is 0. The first kappa shape index (κ1) is 23.0. The molecular weight excluding hydrogens is 444 g/mol. The average molecular weight is 473 g/mol. The molecule has 2 aromatic carbocycles.